The Balaban J connectivity index is 1.39. The number of carboxylic acids is 1. The molecule has 114 heavy (non-hydrogen) atoms. The monoisotopic (exact) mass is 1610 g/mol. The minimum atomic E-state index is -1.97. The normalized spacial score (nSPS) is 15.6. The standard InChI is InChI=1S/C76H106N16O21S/c1-40(2)29-51(82-67(103)53(32-43-15-21-46(95)22-16-43)86-75(111)61(39-114)92-70(106)55(34-45-19-25-48(97)26-20-45)84-72(108)57(36-63(79)99)87-64(100)49-14-10-28-80-49)66(102)83-52(31-42-11-6-5-7-12-42)68(104)90-59(37-93)73(109)85-54(33-44-17-23-47(96)24-18-44)69(105)91-60(38-94)74(110)88-56(35-62(78)98)71(107)81-50(13-8-9-27-77)65(101)89-58(76(112)113)30-41(3)4/h5-7,11-12,15-26,40-41,49-61,80,93-97,114H,8-10,13-14,27-39,77H2,1-4H3,(H2,78,98)(H2,79,99)(H,81,107)(H,82,103)(H,83,102)(H,84,108)(H,85,109)(H,86,111)(H,87,100)(H,88,110)(H,89,101)(H,90,104)(H,91,105)(H,92,106)(H,112,113)/t49-,50-,51-,52-,53-,54-,55-,56-,57-,58-,59-,60-,61-/m0/s1. The molecular formula is C76H106N16O21S. The van der Waals surface area contributed by atoms with Crippen molar-refractivity contribution in [2.75, 3.05) is 32.1 Å². The van der Waals surface area contributed by atoms with Crippen LogP contribution in [-0.2, 0) is 97.6 Å². The molecule has 14 amide bonds. The summed E-state index contributed by atoms with van der Waals surface area (Å²) in [6.45, 7) is 5.24. The number of hydrogen-bond donors (Lipinski definition) is 23. The Bertz CT molecular complexity index is 3930. The Labute approximate surface area is 663 Å². The SMILES string of the molecule is CC(C)C[C@H](NC(=O)[C@H](CCCCN)NC(=O)[C@H](CC(N)=O)NC(=O)[C@H](CO)NC(=O)[C@H](Cc1ccc(O)cc1)NC(=O)[C@H](CO)NC(=O)[C@H](Cc1ccccc1)NC(=O)[C@H](CC(C)C)NC(=O)[C@H](Cc1ccc(O)cc1)NC(=O)[C@H](CS)NC(=O)[C@H](Cc1ccc(O)cc1)NC(=O)[C@H](CC(N)=O)NC(=O)[C@@H]1CCCN1)C(=O)O. The van der Waals surface area contributed by atoms with Gasteiger partial charge >= 0.3 is 5.97 Å². The maximum Gasteiger partial charge on any atom is 0.326 e. The molecule has 1 aliphatic rings. The van der Waals surface area contributed by atoms with Crippen molar-refractivity contribution in [1.82, 2.24) is 69.1 Å². The summed E-state index contributed by atoms with van der Waals surface area (Å²) in [7, 11) is 0. The fourth-order valence-electron chi connectivity index (χ4n) is 12.0. The van der Waals surface area contributed by atoms with Crippen LogP contribution in [0.15, 0.2) is 103 Å². The molecule has 0 radical (unpaired) electrons. The number of primary amides is 2. The second kappa shape index (κ2) is 47.1. The lowest BCUT2D eigenvalue weighted by atomic mass is 9.99. The average Bonchev–Trinajstić information content (AvgIpc) is 1.01. The number of aliphatic hydroxyl groups excluding tert-OH is 2. The molecule has 1 aliphatic heterocycles. The molecule has 1 heterocycles. The van der Waals surface area contributed by atoms with Crippen LogP contribution < -0.4 is 86.3 Å². The molecule has 0 spiro atoms. The number of phenols is 3. The molecule has 0 aliphatic carbocycles. The van der Waals surface area contributed by atoms with E-state index in [0.29, 0.717) is 42.5 Å². The van der Waals surface area contributed by atoms with Gasteiger partial charge in [0, 0.05) is 31.4 Å². The number of thiol groups is 1. The predicted molar refractivity (Wildman–Crippen MR) is 415 cm³/mol. The highest BCUT2D eigenvalue weighted by molar-refractivity contribution is 7.80. The highest BCUT2D eigenvalue weighted by Crippen LogP contribution is 2.18. The maximum absolute atomic E-state index is 14.9. The third-order valence-corrected chi connectivity index (χ3v) is 18.4. The Hall–Kier alpha value is -11.5. The van der Waals surface area contributed by atoms with Crippen molar-refractivity contribution in [3.63, 3.8) is 0 Å². The zero-order chi connectivity index (χ0) is 84.3. The molecule has 622 valence electrons. The molecule has 4 aromatic carbocycles. The van der Waals surface area contributed by atoms with Gasteiger partial charge in [0.1, 0.15) is 89.8 Å². The topological polar surface area (TPSA) is 612 Å². The largest absolute Gasteiger partial charge is 0.508 e. The third kappa shape index (κ3) is 32.0. The molecule has 4 aromatic rings. The molecule has 0 saturated carbocycles. The Kier molecular flexibility index (Phi) is 38.5. The molecule has 5 rings (SSSR count). The number of aromatic hydroxyl groups is 3. The van der Waals surface area contributed by atoms with Crippen LogP contribution in [0, 0.1) is 11.8 Å². The van der Waals surface area contributed by atoms with Gasteiger partial charge in [0.25, 0.3) is 0 Å². The van der Waals surface area contributed by atoms with Crippen LogP contribution >= 0.6 is 12.6 Å². The number of aliphatic carboxylic acids is 1. The van der Waals surface area contributed by atoms with E-state index in [2.05, 4.69) is 81.7 Å². The summed E-state index contributed by atoms with van der Waals surface area (Å²) in [5.74, 6) is -17.4. The molecule has 1 saturated heterocycles. The average molecular weight is 1610 g/mol. The summed E-state index contributed by atoms with van der Waals surface area (Å²) >= 11 is 4.34. The van der Waals surface area contributed by atoms with E-state index in [0.717, 1.165) is 0 Å². The fraction of sp³-hybridized carbons (Fsp3) is 0.487. The Morgan fingerprint density at radius 1 is 0.404 bits per heavy atom. The van der Waals surface area contributed by atoms with Crippen molar-refractivity contribution in [2.24, 2.45) is 29.0 Å². The number of hydrogen-bond acceptors (Lipinski definition) is 23. The van der Waals surface area contributed by atoms with E-state index in [-0.39, 0.29) is 86.1 Å². The van der Waals surface area contributed by atoms with Crippen molar-refractivity contribution in [2.45, 2.75) is 190 Å². The van der Waals surface area contributed by atoms with Gasteiger partial charge in [-0.05, 0) is 129 Å². The highest BCUT2D eigenvalue weighted by Gasteiger charge is 2.39. The highest BCUT2D eigenvalue weighted by atomic mass is 32.1. The second-order valence-corrected chi connectivity index (χ2v) is 28.8. The molecule has 37 nitrogen and oxygen atoms in total. The molecule has 0 aromatic heterocycles. The van der Waals surface area contributed by atoms with Crippen LogP contribution in [0.4, 0.5) is 0 Å². The number of nitrogens with one attached hydrogen (secondary N) is 13. The van der Waals surface area contributed by atoms with Gasteiger partial charge < -0.3 is 117 Å². The number of nitrogens with two attached hydrogens (primary N) is 3. The summed E-state index contributed by atoms with van der Waals surface area (Å²) in [4.78, 5) is 207. The van der Waals surface area contributed by atoms with Crippen molar-refractivity contribution < 1.29 is 103 Å². The molecule has 0 unspecified atom stereocenters. The number of carbonyl (C=O) groups is 15. The van der Waals surface area contributed by atoms with Gasteiger partial charge in [0.2, 0.25) is 82.7 Å². The Morgan fingerprint density at radius 3 is 1.07 bits per heavy atom. The fourth-order valence-corrected chi connectivity index (χ4v) is 12.3. The van der Waals surface area contributed by atoms with E-state index in [1.807, 2.05) is 0 Å². The van der Waals surface area contributed by atoms with E-state index in [1.54, 1.807) is 58.0 Å². The van der Waals surface area contributed by atoms with Gasteiger partial charge in [0.05, 0.1) is 32.1 Å². The van der Waals surface area contributed by atoms with Crippen LogP contribution in [-0.4, -0.2) is 230 Å². The van der Waals surface area contributed by atoms with Gasteiger partial charge in [-0.25, -0.2) is 4.79 Å². The quantitative estimate of drug-likeness (QED) is 0.0147. The molecular weight excluding hydrogens is 1500 g/mol. The van der Waals surface area contributed by atoms with Crippen LogP contribution in [0.1, 0.15) is 108 Å². The van der Waals surface area contributed by atoms with E-state index < -0.39 is 205 Å². The van der Waals surface area contributed by atoms with Crippen LogP contribution in [0.5, 0.6) is 17.2 Å². The first kappa shape index (κ1) is 93.1. The van der Waals surface area contributed by atoms with Gasteiger partial charge in [0.15, 0.2) is 0 Å². The lowest BCUT2D eigenvalue weighted by Crippen LogP contribution is -2.62. The summed E-state index contributed by atoms with van der Waals surface area (Å²) in [5.41, 5.74) is 18.1. The number of aliphatic hydroxyl groups is 2. The van der Waals surface area contributed by atoms with Crippen molar-refractivity contribution in [1.29, 1.82) is 0 Å². The van der Waals surface area contributed by atoms with E-state index in [4.69, 9.17) is 17.2 Å². The summed E-state index contributed by atoms with van der Waals surface area (Å²) < 4.78 is 0. The number of carboxylic acid groups (broad SMARTS) is 1. The zero-order valence-corrected chi connectivity index (χ0v) is 64.6. The van der Waals surface area contributed by atoms with Crippen molar-refractivity contribution in [3.05, 3.63) is 125 Å². The summed E-state index contributed by atoms with van der Waals surface area (Å²) in [6.07, 6.45) is -1.32. The summed E-state index contributed by atoms with van der Waals surface area (Å²) in [6, 6.07) is 3.96. The first-order valence-electron chi connectivity index (χ1n) is 37.2. The second-order valence-electron chi connectivity index (χ2n) is 28.5. The number of carbonyl (C=O) groups excluding carboxylic acids is 14. The first-order valence-corrected chi connectivity index (χ1v) is 37.8. The smallest absolute Gasteiger partial charge is 0.326 e. The van der Waals surface area contributed by atoms with Crippen LogP contribution in [0.25, 0.3) is 0 Å². The van der Waals surface area contributed by atoms with Crippen LogP contribution in [0.2, 0.25) is 0 Å². The molecule has 0 bridgehead atoms. The van der Waals surface area contributed by atoms with Crippen LogP contribution in [0.3, 0.4) is 0 Å². The zero-order valence-electron chi connectivity index (χ0n) is 63.7. The van der Waals surface area contributed by atoms with E-state index >= 15 is 0 Å². The van der Waals surface area contributed by atoms with Crippen molar-refractivity contribution >= 4 is 101 Å². The number of phenolic OH excluding ortho intramolecular Hbond substituents is 3. The lowest BCUT2D eigenvalue weighted by molar-refractivity contribution is -0.143. The van der Waals surface area contributed by atoms with Gasteiger partial charge in [-0.3, -0.25) is 67.1 Å². The van der Waals surface area contributed by atoms with E-state index in [9.17, 15) is 103 Å². The van der Waals surface area contributed by atoms with Crippen molar-refractivity contribution in [3.8, 4) is 17.2 Å². The third-order valence-electron chi connectivity index (χ3n) is 18.1. The number of amides is 14. The van der Waals surface area contributed by atoms with Gasteiger partial charge in [-0.15, -0.1) is 0 Å². The first-order chi connectivity index (χ1) is 54.1. The van der Waals surface area contributed by atoms with E-state index in [1.165, 1.54) is 72.8 Å². The lowest BCUT2D eigenvalue weighted by Gasteiger charge is -2.28. The van der Waals surface area contributed by atoms with Gasteiger partial charge in [-0.1, -0.05) is 94.4 Å². The minimum absolute atomic E-state index is 0.0217. The molecule has 13 atom stereocenters. The molecule has 1 fully saturated rings. The Morgan fingerprint density at radius 2 is 0.711 bits per heavy atom. The maximum atomic E-state index is 14.9. The molecule has 25 N–H and O–H groups in total. The number of rotatable bonds is 48. The number of benzene rings is 4. The minimum Gasteiger partial charge on any atom is -0.508 e. The van der Waals surface area contributed by atoms with Gasteiger partial charge in [-0.2, -0.15) is 12.6 Å². The molecule has 38 heteroatoms. The summed E-state index contributed by atoms with van der Waals surface area (Å²) in [5, 5.41) is 94.1. The predicted octanol–water partition coefficient (Wildman–Crippen LogP) is -4.39. The number of unbranched alkanes of at least 4 members (excludes halogenated alkanes) is 1.